The van der Waals surface area contributed by atoms with Crippen LogP contribution in [-0.2, 0) is 11.2 Å². The van der Waals surface area contributed by atoms with Gasteiger partial charge >= 0.3 is 0 Å². The highest BCUT2D eigenvalue weighted by atomic mass is 35.5. The van der Waals surface area contributed by atoms with Crippen LogP contribution in [0.25, 0.3) is 5.69 Å². The van der Waals surface area contributed by atoms with Crippen molar-refractivity contribution in [1.82, 2.24) is 14.8 Å². The minimum absolute atomic E-state index is 0.00829. The summed E-state index contributed by atoms with van der Waals surface area (Å²) in [7, 11) is 0. The second kappa shape index (κ2) is 8.45. The van der Waals surface area contributed by atoms with Crippen molar-refractivity contribution in [2.75, 3.05) is 10.6 Å². The van der Waals surface area contributed by atoms with Crippen LogP contribution in [0.5, 0.6) is 0 Å². The SMILES string of the molecule is CCc1nc(C(=O)Nc2ccc(NC(=O)C3CC3)cc2)nn1-c1c(Cl)cccc1Cl. The number of hydrogen-bond acceptors (Lipinski definition) is 4. The number of carbonyl (C=O) groups excluding carboxylic acids is 2. The van der Waals surface area contributed by atoms with E-state index >= 15 is 0 Å². The lowest BCUT2D eigenvalue weighted by molar-refractivity contribution is -0.117. The van der Waals surface area contributed by atoms with Gasteiger partial charge in [0.2, 0.25) is 11.7 Å². The number of nitrogens with one attached hydrogen (secondary N) is 2. The van der Waals surface area contributed by atoms with Crippen molar-refractivity contribution in [3.8, 4) is 5.69 Å². The summed E-state index contributed by atoms with van der Waals surface area (Å²) >= 11 is 12.6. The molecule has 0 bridgehead atoms. The summed E-state index contributed by atoms with van der Waals surface area (Å²) < 4.78 is 1.50. The molecule has 1 fully saturated rings. The van der Waals surface area contributed by atoms with E-state index in [1.54, 1.807) is 42.5 Å². The number of anilines is 2. The van der Waals surface area contributed by atoms with Crippen LogP contribution in [0.1, 0.15) is 36.2 Å². The van der Waals surface area contributed by atoms with Gasteiger partial charge in [0.15, 0.2) is 0 Å². The first-order chi connectivity index (χ1) is 14.5. The van der Waals surface area contributed by atoms with Crippen molar-refractivity contribution in [2.24, 2.45) is 5.92 Å². The Kier molecular flexibility index (Phi) is 5.74. The molecule has 0 saturated heterocycles. The summed E-state index contributed by atoms with van der Waals surface area (Å²) in [6.45, 7) is 1.90. The van der Waals surface area contributed by atoms with E-state index in [0.29, 0.717) is 39.4 Å². The number of aromatic nitrogens is 3. The molecule has 1 heterocycles. The third-order valence-electron chi connectivity index (χ3n) is 4.70. The number of halogens is 2. The minimum Gasteiger partial charge on any atom is -0.326 e. The van der Waals surface area contributed by atoms with E-state index in [1.807, 2.05) is 6.92 Å². The van der Waals surface area contributed by atoms with Gasteiger partial charge in [-0.05, 0) is 49.2 Å². The van der Waals surface area contributed by atoms with Crippen molar-refractivity contribution in [2.45, 2.75) is 26.2 Å². The zero-order chi connectivity index (χ0) is 21.3. The molecule has 3 aromatic rings. The van der Waals surface area contributed by atoms with Crippen LogP contribution >= 0.6 is 23.2 Å². The Hall–Kier alpha value is -2.90. The zero-order valence-electron chi connectivity index (χ0n) is 16.2. The second-order valence-corrected chi connectivity index (χ2v) is 7.80. The van der Waals surface area contributed by atoms with E-state index in [2.05, 4.69) is 20.7 Å². The van der Waals surface area contributed by atoms with Gasteiger partial charge in [-0.3, -0.25) is 9.59 Å². The maximum atomic E-state index is 12.7. The molecule has 0 radical (unpaired) electrons. The second-order valence-electron chi connectivity index (χ2n) is 6.98. The standard InChI is InChI=1S/C21H19Cl2N5O2/c1-2-17-26-19(27-28(17)18-15(22)4-3-5-16(18)23)21(30)25-14-10-8-13(9-11-14)24-20(29)12-6-7-12/h3-5,8-12H,2,6-7H2,1H3,(H,24,29)(H,25,30). The molecule has 30 heavy (non-hydrogen) atoms. The van der Waals surface area contributed by atoms with E-state index in [0.717, 1.165) is 12.8 Å². The number of aryl methyl sites for hydroxylation is 1. The molecule has 1 aromatic heterocycles. The van der Waals surface area contributed by atoms with Crippen LogP contribution < -0.4 is 10.6 Å². The van der Waals surface area contributed by atoms with Crippen LogP contribution in [0.15, 0.2) is 42.5 Å². The van der Waals surface area contributed by atoms with Gasteiger partial charge in [0.25, 0.3) is 5.91 Å². The van der Waals surface area contributed by atoms with E-state index in [1.165, 1.54) is 4.68 Å². The summed E-state index contributed by atoms with van der Waals surface area (Å²) in [5.41, 5.74) is 1.74. The first-order valence-corrected chi connectivity index (χ1v) is 10.3. The molecule has 1 aliphatic carbocycles. The lowest BCUT2D eigenvalue weighted by Crippen LogP contribution is -2.15. The highest BCUT2D eigenvalue weighted by molar-refractivity contribution is 6.37. The number of benzene rings is 2. The summed E-state index contributed by atoms with van der Waals surface area (Å²) in [4.78, 5) is 28.8. The van der Waals surface area contributed by atoms with Gasteiger partial charge in [-0.25, -0.2) is 9.67 Å². The maximum Gasteiger partial charge on any atom is 0.295 e. The quantitative estimate of drug-likeness (QED) is 0.575. The van der Waals surface area contributed by atoms with Crippen LogP contribution in [-0.4, -0.2) is 26.6 Å². The first-order valence-electron chi connectivity index (χ1n) is 9.59. The number of nitrogens with zero attached hydrogens (tertiary/aromatic N) is 3. The molecule has 4 rings (SSSR count). The maximum absolute atomic E-state index is 12.7. The van der Waals surface area contributed by atoms with Gasteiger partial charge in [0, 0.05) is 23.7 Å². The molecule has 2 amide bonds. The largest absolute Gasteiger partial charge is 0.326 e. The Morgan fingerprint density at radius 1 is 1.03 bits per heavy atom. The lowest BCUT2D eigenvalue weighted by atomic mass is 10.2. The monoisotopic (exact) mass is 443 g/mol. The third-order valence-corrected chi connectivity index (χ3v) is 5.31. The topological polar surface area (TPSA) is 88.9 Å². The van der Waals surface area contributed by atoms with Gasteiger partial charge in [-0.2, -0.15) is 0 Å². The van der Waals surface area contributed by atoms with Gasteiger partial charge in [-0.15, -0.1) is 5.10 Å². The van der Waals surface area contributed by atoms with Crippen LogP contribution in [0.3, 0.4) is 0 Å². The van der Waals surface area contributed by atoms with Crippen LogP contribution in [0.2, 0.25) is 10.0 Å². The first kappa shape index (κ1) is 20.4. The molecule has 0 aliphatic heterocycles. The van der Waals surface area contributed by atoms with E-state index < -0.39 is 5.91 Å². The molecule has 0 spiro atoms. The fraction of sp³-hybridized carbons (Fsp3) is 0.238. The number of carbonyl (C=O) groups is 2. The fourth-order valence-corrected chi connectivity index (χ4v) is 3.51. The van der Waals surface area contributed by atoms with E-state index in [-0.39, 0.29) is 17.6 Å². The predicted octanol–water partition coefficient (Wildman–Crippen LogP) is 4.74. The highest BCUT2D eigenvalue weighted by Gasteiger charge is 2.29. The average Bonchev–Trinajstić information content (AvgIpc) is 3.49. The Morgan fingerprint density at radius 3 is 2.20 bits per heavy atom. The van der Waals surface area contributed by atoms with Crippen molar-refractivity contribution < 1.29 is 9.59 Å². The molecule has 0 atom stereocenters. The van der Waals surface area contributed by atoms with E-state index in [9.17, 15) is 9.59 Å². The number of hydrogen-bond donors (Lipinski definition) is 2. The van der Waals surface area contributed by atoms with Crippen molar-refractivity contribution in [1.29, 1.82) is 0 Å². The molecular weight excluding hydrogens is 425 g/mol. The normalized spacial score (nSPS) is 13.2. The van der Waals surface area contributed by atoms with E-state index in [4.69, 9.17) is 23.2 Å². The lowest BCUT2D eigenvalue weighted by Gasteiger charge is -2.08. The Labute approximate surface area is 183 Å². The summed E-state index contributed by atoms with van der Waals surface area (Å²) in [6.07, 6.45) is 2.43. The van der Waals surface area contributed by atoms with Crippen LogP contribution in [0.4, 0.5) is 11.4 Å². The zero-order valence-corrected chi connectivity index (χ0v) is 17.7. The molecule has 0 unspecified atom stereocenters. The van der Waals surface area contributed by atoms with Crippen LogP contribution in [0, 0.1) is 5.92 Å². The molecule has 9 heteroatoms. The van der Waals surface area contributed by atoms with Gasteiger partial charge in [-0.1, -0.05) is 36.2 Å². The molecule has 154 valence electrons. The molecule has 1 aliphatic rings. The smallest absolute Gasteiger partial charge is 0.295 e. The predicted molar refractivity (Wildman–Crippen MR) is 117 cm³/mol. The van der Waals surface area contributed by atoms with Crippen molar-refractivity contribution >= 4 is 46.4 Å². The van der Waals surface area contributed by atoms with Gasteiger partial charge in [0.05, 0.1) is 10.0 Å². The fourth-order valence-electron chi connectivity index (χ4n) is 2.95. The summed E-state index contributed by atoms with van der Waals surface area (Å²) in [6, 6.07) is 12.0. The van der Waals surface area contributed by atoms with Crippen molar-refractivity contribution in [3.63, 3.8) is 0 Å². The minimum atomic E-state index is -0.457. The molecule has 1 saturated carbocycles. The Bertz CT molecular complexity index is 1090. The summed E-state index contributed by atoms with van der Waals surface area (Å²) in [5, 5.41) is 10.8. The van der Waals surface area contributed by atoms with Crippen molar-refractivity contribution in [3.05, 3.63) is 64.2 Å². The number of para-hydroxylation sites is 1. The van der Waals surface area contributed by atoms with Gasteiger partial charge < -0.3 is 10.6 Å². The van der Waals surface area contributed by atoms with Gasteiger partial charge in [0.1, 0.15) is 11.5 Å². The Morgan fingerprint density at radius 2 is 1.63 bits per heavy atom. The summed E-state index contributed by atoms with van der Waals surface area (Å²) in [5.74, 6) is 0.278. The molecule has 2 aromatic carbocycles. The third kappa shape index (κ3) is 4.32. The Balaban J connectivity index is 1.51. The number of rotatable bonds is 6. The highest BCUT2D eigenvalue weighted by Crippen LogP contribution is 2.30. The molecule has 7 nitrogen and oxygen atoms in total. The number of amides is 2. The average molecular weight is 444 g/mol. The molecule has 2 N–H and O–H groups in total. The molecular formula is C21H19Cl2N5O2.